The zero-order valence-corrected chi connectivity index (χ0v) is 14.3. The first kappa shape index (κ1) is 18.1. The number of hydrogen-bond donors (Lipinski definition) is 3. The third-order valence-corrected chi connectivity index (χ3v) is 4.37. The summed E-state index contributed by atoms with van der Waals surface area (Å²) in [4.78, 5) is 26.3. The Kier molecular flexibility index (Phi) is 6.06. The van der Waals surface area contributed by atoms with Gasteiger partial charge in [0.1, 0.15) is 17.1 Å². The van der Waals surface area contributed by atoms with Crippen molar-refractivity contribution in [3.05, 3.63) is 23.8 Å². The second-order valence-corrected chi connectivity index (χ2v) is 6.73. The normalized spacial score (nSPS) is 18.5. The van der Waals surface area contributed by atoms with Gasteiger partial charge in [0.25, 0.3) is 5.91 Å². The second kappa shape index (κ2) is 8.04. The number of phenols is 2. The molecule has 1 aliphatic heterocycles. The lowest BCUT2D eigenvalue weighted by Gasteiger charge is -2.22. The van der Waals surface area contributed by atoms with Crippen LogP contribution in [0.3, 0.4) is 0 Å². The van der Waals surface area contributed by atoms with Crippen LogP contribution in [0.4, 0.5) is 0 Å². The molecule has 1 unspecified atom stereocenters. The van der Waals surface area contributed by atoms with Crippen LogP contribution < -0.4 is 5.32 Å². The number of phenolic OH excluding ortho intramolecular Hbond substituents is 2. The number of likely N-dealkylation sites (tertiary alicyclic amines) is 1. The number of nitrogens with zero attached hydrogens (tertiary/aromatic N) is 1. The molecule has 0 bridgehead atoms. The molecule has 0 aromatic heterocycles. The van der Waals surface area contributed by atoms with Gasteiger partial charge in [0.05, 0.1) is 0 Å². The number of amides is 2. The largest absolute Gasteiger partial charge is 0.507 e. The van der Waals surface area contributed by atoms with E-state index in [1.807, 2.05) is 4.90 Å². The van der Waals surface area contributed by atoms with Crippen molar-refractivity contribution < 1.29 is 19.8 Å². The van der Waals surface area contributed by atoms with Crippen LogP contribution in [-0.2, 0) is 4.79 Å². The average molecular weight is 334 g/mol. The maximum atomic E-state index is 12.3. The third-order valence-electron chi connectivity index (χ3n) is 4.37. The number of hydrogen-bond acceptors (Lipinski definition) is 4. The Bertz CT molecular complexity index is 580. The fourth-order valence-corrected chi connectivity index (χ4v) is 2.85. The highest BCUT2D eigenvalue weighted by atomic mass is 16.3. The summed E-state index contributed by atoms with van der Waals surface area (Å²) in [6.07, 6.45) is 2.60. The highest BCUT2D eigenvalue weighted by Crippen LogP contribution is 2.26. The van der Waals surface area contributed by atoms with Crippen molar-refractivity contribution in [3.63, 3.8) is 0 Å². The lowest BCUT2D eigenvalue weighted by Crippen LogP contribution is -2.36. The van der Waals surface area contributed by atoms with E-state index in [0.29, 0.717) is 31.7 Å². The van der Waals surface area contributed by atoms with E-state index in [9.17, 15) is 19.8 Å². The highest BCUT2D eigenvalue weighted by Gasteiger charge is 2.25. The van der Waals surface area contributed by atoms with Gasteiger partial charge >= 0.3 is 0 Å². The summed E-state index contributed by atoms with van der Waals surface area (Å²) in [5.74, 6) is -0.358. The molecule has 1 atom stereocenters. The molecule has 2 amide bonds. The van der Waals surface area contributed by atoms with Crippen LogP contribution in [0.1, 0.15) is 49.9 Å². The average Bonchev–Trinajstić information content (AvgIpc) is 2.67. The van der Waals surface area contributed by atoms with Crippen molar-refractivity contribution in [2.45, 2.75) is 45.6 Å². The number of nitrogens with one attached hydrogen (secondary N) is 1. The Morgan fingerprint density at radius 1 is 1.29 bits per heavy atom. The Morgan fingerprint density at radius 2 is 1.96 bits per heavy atom. The van der Waals surface area contributed by atoms with E-state index in [2.05, 4.69) is 19.2 Å². The van der Waals surface area contributed by atoms with E-state index in [1.165, 1.54) is 18.2 Å². The van der Waals surface area contributed by atoms with E-state index in [4.69, 9.17) is 0 Å². The molecule has 0 saturated carbocycles. The van der Waals surface area contributed by atoms with Gasteiger partial charge in [0.2, 0.25) is 5.91 Å². The van der Waals surface area contributed by atoms with Gasteiger partial charge in [-0.3, -0.25) is 9.59 Å². The minimum absolute atomic E-state index is 0.121. The molecular weight excluding hydrogens is 308 g/mol. The van der Waals surface area contributed by atoms with E-state index in [-0.39, 0.29) is 29.0 Å². The van der Waals surface area contributed by atoms with E-state index in [1.54, 1.807) is 0 Å². The predicted molar refractivity (Wildman–Crippen MR) is 90.9 cm³/mol. The standard InChI is InChI=1S/C18H26N2O4/c1-12(2)8-10-20-11-9-13(6-7-16(20)23)19-18(24)17-14(21)4-3-5-15(17)22/h3-5,12-13,21-22H,6-11H2,1-2H3,(H,19,24). The van der Waals surface area contributed by atoms with Crippen LogP contribution in [0.15, 0.2) is 18.2 Å². The maximum Gasteiger partial charge on any atom is 0.259 e. The molecule has 0 radical (unpaired) electrons. The van der Waals surface area contributed by atoms with Gasteiger partial charge in [-0.1, -0.05) is 19.9 Å². The molecule has 1 fully saturated rings. The smallest absolute Gasteiger partial charge is 0.259 e. The molecule has 1 aromatic carbocycles. The summed E-state index contributed by atoms with van der Waals surface area (Å²) >= 11 is 0. The first-order chi connectivity index (χ1) is 11.4. The van der Waals surface area contributed by atoms with Crippen molar-refractivity contribution in [3.8, 4) is 11.5 Å². The van der Waals surface area contributed by atoms with Gasteiger partial charge in [-0.15, -0.1) is 0 Å². The topological polar surface area (TPSA) is 89.9 Å². The molecule has 0 aliphatic carbocycles. The first-order valence-electron chi connectivity index (χ1n) is 8.48. The highest BCUT2D eigenvalue weighted by molar-refractivity contribution is 5.99. The number of rotatable bonds is 5. The van der Waals surface area contributed by atoms with Crippen LogP contribution in [0, 0.1) is 5.92 Å². The van der Waals surface area contributed by atoms with Gasteiger partial charge in [0.15, 0.2) is 0 Å². The van der Waals surface area contributed by atoms with Crippen LogP contribution in [0.5, 0.6) is 11.5 Å². The molecule has 1 aromatic rings. The van der Waals surface area contributed by atoms with Crippen LogP contribution in [0.2, 0.25) is 0 Å². The minimum Gasteiger partial charge on any atom is -0.507 e. The Hall–Kier alpha value is -2.24. The van der Waals surface area contributed by atoms with Crippen molar-refractivity contribution >= 4 is 11.8 Å². The minimum atomic E-state index is -0.515. The van der Waals surface area contributed by atoms with Gasteiger partial charge in [-0.25, -0.2) is 0 Å². The molecule has 1 saturated heterocycles. The van der Waals surface area contributed by atoms with E-state index in [0.717, 1.165) is 13.0 Å². The molecule has 1 aliphatic rings. The summed E-state index contributed by atoms with van der Waals surface area (Å²) in [6, 6.07) is 4.04. The molecule has 3 N–H and O–H groups in total. The molecule has 132 valence electrons. The zero-order valence-electron chi connectivity index (χ0n) is 14.3. The van der Waals surface area contributed by atoms with Gasteiger partial charge in [-0.05, 0) is 37.3 Å². The fraction of sp³-hybridized carbons (Fsp3) is 0.556. The monoisotopic (exact) mass is 334 g/mol. The van der Waals surface area contributed by atoms with E-state index >= 15 is 0 Å². The summed E-state index contributed by atoms with van der Waals surface area (Å²) in [5, 5.41) is 22.4. The van der Waals surface area contributed by atoms with Crippen molar-refractivity contribution in [2.75, 3.05) is 13.1 Å². The predicted octanol–water partition coefficient (Wildman–Crippen LogP) is 2.25. The zero-order chi connectivity index (χ0) is 17.7. The molecule has 2 rings (SSSR count). The van der Waals surface area contributed by atoms with Gasteiger partial charge in [0, 0.05) is 25.6 Å². The molecular formula is C18H26N2O4. The van der Waals surface area contributed by atoms with Gasteiger partial charge < -0.3 is 20.4 Å². The lowest BCUT2D eigenvalue weighted by molar-refractivity contribution is -0.130. The van der Waals surface area contributed by atoms with Crippen molar-refractivity contribution in [1.82, 2.24) is 10.2 Å². The molecule has 1 heterocycles. The Morgan fingerprint density at radius 3 is 2.58 bits per heavy atom. The summed E-state index contributed by atoms with van der Waals surface area (Å²) in [5.41, 5.74) is -0.121. The van der Waals surface area contributed by atoms with Crippen molar-refractivity contribution in [1.29, 1.82) is 0 Å². The SMILES string of the molecule is CC(C)CCN1CCC(NC(=O)c2c(O)cccc2O)CCC1=O. The number of carbonyl (C=O) groups is 2. The number of benzene rings is 1. The molecule has 6 heteroatoms. The Labute approximate surface area is 142 Å². The van der Waals surface area contributed by atoms with Gasteiger partial charge in [-0.2, -0.15) is 0 Å². The summed E-state index contributed by atoms with van der Waals surface area (Å²) in [7, 11) is 0. The molecule has 24 heavy (non-hydrogen) atoms. The number of carbonyl (C=O) groups excluding carboxylic acids is 2. The van der Waals surface area contributed by atoms with E-state index < -0.39 is 5.91 Å². The number of aromatic hydroxyl groups is 2. The van der Waals surface area contributed by atoms with Crippen LogP contribution in [-0.4, -0.2) is 46.1 Å². The summed E-state index contributed by atoms with van der Waals surface area (Å²) < 4.78 is 0. The Balaban J connectivity index is 1.96. The first-order valence-corrected chi connectivity index (χ1v) is 8.48. The van der Waals surface area contributed by atoms with Crippen molar-refractivity contribution in [2.24, 2.45) is 5.92 Å². The molecule has 0 spiro atoms. The third kappa shape index (κ3) is 4.63. The van der Waals surface area contributed by atoms with Crippen LogP contribution in [0.25, 0.3) is 0 Å². The molecule has 6 nitrogen and oxygen atoms in total. The maximum absolute atomic E-state index is 12.3. The fourth-order valence-electron chi connectivity index (χ4n) is 2.85. The summed E-state index contributed by atoms with van der Waals surface area (Å²) in [6.45, 7) is 5.62. The van der Waals surface area contributed by atoms with Crippen LogP contribution >= 0.6 is 0 Å². The lowest BCUT2D eigenvalue weighted by atomic mass is 10.1. The quantitative estimate of drug-likeness (QED) is 0.770. The second-order valence-electron chi connectivity index (χ2n) is 6.73.